The second-order valence-electron chi connectivity index (χ2n) is 4.16. The monoisotopic (exact) mass is 220 g/mol. The average molecular weight is 220 g/mol. The Morgan fingerprint density at radius 2 is 2.00 bits per heavy atom. The largest absolute Gasteiger partial charge is 0.355 e. The molecule has 0 bridgehead atoms. The number of nitrogens with two attached hydrogens (primary N) is 1. The van der Waals surface area contributed by atoms with Gasteiger partial charge in [-0.25, -0.2) is 0 Å². The van der Waals surface area contributed by atoms with Crippen LogP contribution in [0.2, 0.25) is 0 Å². The molecule has 1 aromatic rings. The van der Waals surface area contributed by atoms with Crippen LogP contribution in [0.4, 0.5) is 0 Å². The maximum Gasteiger partial charge on any atom is 0.224 e. The van der Waals surface area contributed by atoms with Crippen LogP contribution in [0.3, 0.4) is 0 Å². The summed E-state index contributed by atoms with van der Waals surface area (Å²) < 4.78 is 0. The van der Waals surface area contributed by atoms with Gasteiger partial charge in [-0.1, -0.05) is 36.8 Å². The highest BCUT2D eigenvalue weighted by atomic mass is 16.1. The van der Waals surface area contributed by atoms with E-state index >= 15 is 0 Å². The van der Waals surface area contributed by atoms with Crippen molar-refractivity contribution in [2.75, 3.05) is 13.1 Å². The van der Waals surface area contributed by atoms with Gasteiger partial charge >= 0.3 is 0 Å². The second kappa shape index (κ2) is 6.28. The molecule has 1 amide bonds. The number of carbonyl (C=O) groups is 1. The van der Waals surface area contributed by atoms with Crippen molar-refractivity contribution in [2.24, 2.45) is 11.7 Å². The first-order valence-corrected chi connectivity index (χ1v) is 5.67. The summed E-state index contributed by atoms with van der Waals surface area (Å²) in [5, 5.41) is 2.88. The molecule has 88 valence electrons. The summed E-state index contributed by atoms with van der Waals surface area (Å²) in [4.78, 5) is 11.4. The van der Waals surface area contributed by atoms with E-state index in [0.29, 0.717) is 13.1 Å². The Morgan fingerprint density at radius 3 is 2.56 bits per heavy atom. The molecule has 3 heteroatoms. The van der Waals surface area contributed by atoms with Crippen LogP contribution in [0.25, 0.3) is 0 Å². The minimum atomic E-state index is -0.0991. The first-order valence-electron chi connectivity index (χ1n) is 5.67. The zero-order valence-corrected chi connectivity index (χ0v) is 9.99. The van der Waals surface area contributed by atoms with Gasteiger partial charge in [-0.2, -0.15) is 0 Å². The van der Waals surface area contributed by atoms with Gasteiger partial charge < -0.3 is 11.1 Å². The van der Waals surface area contributed by atoms with Crippen molar-refractivity contribution in [1.29, 1.82) is 0 Å². The van der Waals surface area contributed by atoms with Crippen molar-refractivity contribution in [3.8, 4) is 0 Å². The Hall–Kier alpha value is -1.35. The van der Waals surface area contributed by atoms with Crippen LogP contribution in [0.15, 0.2) is 24.3 Å². The third kappa shape index (κ3) is 4.03. The van der Waals surface area contributed by atoms with E-state index in [9.17, 15) is 4.79 Å². The number of nitrogens with one attached hydrogen (secondary N) is 1. The Bertz CT molecular complexity index is 332. The molecule has 0 fully saturated rings. The third-order valence-electron chi connectivity index (χ3n) is 2.63. The molecular weight excluding hydrogens is 200 g/mol. The molecule has 1 unspecified atom stereocenters. The van der Waals surface area contributed by atoms with Crippen molar-refractivity contribution in [1.82, 2.24) is 5.32 Å². The van der Waals surface area contributed by atoms with E-state index in [0.717, 1.165) is 6.42 Å². The average Bonchev–Trinajstić information content (AvgIpc) is 2.30. The summed E-state index contributed by atoms with van der Waals surface area (Å²) in [7, 11) is 0. The van der Waals surface area contributed by atoms with Gasteiger partial charge in [-0.3, -0.25) is 4.79 Å². The quantitative estimate of drug-likeness (QED) is 0.784. The number of amides is 1. The smallest absolute Gasteiger partial charge is 0.224 e. The fraction of sp³-hybridized carbons (Fsp3) is 0.462. The number of rotatable bonds is 5. The first-order chi connectivity index (χ1) is 7.63. The molecular formula is C13H20N2O. The lowest BCUT2D eigenvalue weighted by molar-refractivity contribution is -0.124. The van der Waals surface area contributed by atoms with Gasteiger partial charge in [0, 0.05) is 19.0 Å². The van der Waals surface area contributed by atoms with Crippen LogP contribution in [0.1, 0.15) is 18.1 Å². The predicted molar refractivity (Wildman–Crippen MR) is 66.1 cm³/mol. The first kappa shape index (κ1) is 12.7. The molecule has 1 aromatic carbocycles. The van der Waals surface area contributed by atoms with Crippen LogP contribution in [0, 0.1) is 12.8 Å². The number of hydrogen-bond acceptors (Lipinski definition) is 2. The van der Waals surface area contributed by atoms with Crippen LogP contribution in [0.5, 0.6) is 0 Å². The molecule has 3 nitrogen and oxygen atoms in total. The molecule has 0 heterocycles. The maximum absolute atomic E-state index is 11.4. The van der Waals surface area contributed by atoms with Crippen molar-refractivity contribution >= 4 is 5.91 Å². The van der Waals surface area contributed by atoms with Crippen LogP contribution in [-0.2, 0) is 11.2 Å². The molecule has 16 heavy (non-hydrogen) atoms. The fourth-order valence-corrected chi connectivity index (χ4v) is 1.37. The fourth-order valence-electron chi connectivity index (χ4n) is 1.37. The molecule has 0 aliphatic heterocycles. The molecule has 0 aromatic heterocycles. The Kier molecular flexibility index (Phi) is 4.99. The van der Waals surface area contributed by atoms with E-state index in [1.807, 2.05) is 6.92 Å². The molecule has 1 rings (SSSR count). The lowest BCUT2D eigenvalue weighted by Gasteiger charge is -2.09. The highest BCUT2D eigenvalue weighted by Gasteiger charge is 2.09. The lowest BCUT2D eigenvalue weighted by Crippen LogP contribution is -2.34. The molecule has 0 aliphatic carbocycles. The van der Waals surface area contributed by atoms with Gasteiger partial charge in [0.1, 0.15) is 0 Å². The van der Waals surface area contributed by atoms with E-state index in [4.69, 9.17) is 5.73 Å². The normalized spacial score (nSPS) is 12.2. The van der Waals surface area contributed by atoms with E-state index in [1.165, 1.54) is 11.1 Å². The van der Waals surface area contributed by atoms with Crippen LogP contribution < -0.4 is 11.1 Å². The molecule has 0 aliphatic rings. The van der Waals surface area contributed by atoms with Gasteiger partial charge in [0.15, 0.2) is 0 Å². The van der Waals surface area contributed by atoms with Crippen LogP contribution >= 0.6 is 0 Å². The highest BCUT2D eigenvalue weighted by Crippen LogP contribution is 2.03. The van der Waals surface area contributed by atoms with Crippen LogP contribution in [-0.4, -0.2) is 19.0 Å². The standard InChI is InChI=1S/C13H20N2O/c1-10-3-5-12(6-4-10)7-8-15-13(16)11(2)9-14/h3-6,11H,7-9,14H2,1-2H3,(H,15,16). The van der Waals surface area contributed by atoms with Gasteiger partial charge in [0.05, 0.1) is 0 Å². The summed E-state index contributed by atoms with van der Waals surface area (Å²) >= 11 is 0. The predicted octanol–water partition coefficient (Wildman–Crippen LogP) is 1.25. The summed E-state index contributed by atoms with van der Waals surface area (Å²) in [6, 6.07) is 8.35. The summed E-state index contributed by atoms with van der Waals surface area (Å²) in [5.41, 5.74) is 7.91. The minimum absolute atomic E-state index is 0.0367. The zero-order chi connectivity index (χ0) is 12.0. The van der Waals surface area contributed by atoms with Crippen molar-refractivity contribution in [3.63, 3.8) is 0 Å². The topological polar surface area (TPSA) is 55.1 Å². The SMILES string of the molecule is Cc1ccc(CCNC(=O)C(C)CN)cc1. The molecule has 0 radical (unpaired) electrons. The van der Waals surface area contributed by atoms with E-state index in [2.05, 4.69) is 36.5 Å². The van der Waals surface area contributed by atoms with Gasteiger partial charge in [-0.05, 0) is 18.9 Å². The molecule has 3 N–H and O–H groups in total. The summed E-state index contributed by atoms with van der Waals surface area (Å²) in [6.45, 7) is 4.97. The van der Waals surface area contributed by atoms with Gasteiger partial charge in [0.25, 0.3) is 0 Å². The van der Waals surface area contributed by atoms with E-state index < -0.39 is 0 Å². The molecule has 0 saturated heterocycles. The van der Waals surface area contributed by atoms with Crippen molar-refractivity contribution < 1.29 is 4.79 Å². The Morgan fingerprint density at radius 1 is 1.38 bits per heavy atom. The molecule has 1 atom stereocenters. The van der Waals surface area contributed by atoms with E-state index in [-0.39, 0.29) is 11.8 Å². The van der Waals surface area contributed by atoms with Crippen molar-refractivity contribution in [3.05, 3.63) is 35.4 Å². The number of carbonyl (C=O) groups excluding carboxylic acids is 1. The minimum Gasteiger partial charge on any atom is -0.355 e. The summed E-state index contributed by atoms with van der Waals surface area (Å²) in [6.07, 6.45) is 0.864. The van der Waals surface area contributed by atoms with Gasteiger partial charge in [-0.15, -0.1) is 0 Å². The molecule has 0 saturated carbocycles. The second-order valence-corrected chi connectivity index (χ2v) is 4.16. The van der Waals surface area contributed by atoms with E-state index in [1.54, 1.807) is 0 Å². The highest BCUT2D eigenvalue weighted by molar-refractivity contribution is 5.78. The maximum atomic E-state index is 11.4. The van der Waals surface area contributed by atoms with Crippen molar-refractivity contribution in [2.45, 2.75) is 20.3 Å². The van der Waals surface area contributed by atoms with Gasteiger partial charge in [0.2, 0.25) is 5.91 Å². The number of hydrogen-bond donors (Lipinski definition) is 2. The Labute approximate surface area is 97.0 Å². The number of benzene rings is 1. The Balaban J connectivity index is 2.30. The molecule has 0 spiro atoms. The summed E-state index contributed by atoms with van der Waals surface area (Å²) in [5.74, 6) is -0.0624. The lowest BCUT2D eigenvalue weighted by atomic mass is 10.1. The zero-order valence-electron chi connectivity index (χ0n) is 9.99. The number of aryl methyl sites for hydroxylation is 1. The third-order valence-corrected chi connectivity index (χ3v) is 2.63.